The lowest BCUT2D eigenvalue weighted by molar-refractivity contribution is -0.123. The fourth-order valence-electron chi connectivity index (χ4n) is 2.63. The highest BCUT2D eigenvalue weighted by Gasteiger charge is 2.06. The molecular formula is C22H29NO3. The van der Waals surface area contributed by atoms with Crippen LogP contribution in [0.5, 0.6) is 11.5 Å². The minimum atomic E-state index is -0.0959. The van der Waals surface area contributed by atoms with Crippen LogP contribution >= 0.6 is 0 Å². The zero-order valence-corrected chi connectivity index (χ0v) is 16.0. The molecule has 1 amide bonds. The van der Waals surface area contributed by atoms with E-state index < -0.39 is 0 Å². The van der Waals surface area contributed by atoms with E-state index in [2.05, 4.69) is 18.3 Å². The quantitative estimate of drug-likeness (QED) is 0.649. The fourth-order valence-corrected chi connectivity index (χ4v) is 2.63. The number of para-hydroxylation sites is 1. The summed E-state index contributed by atoms with van der Waals surface area (Å²) in [5.74, 6) is 1.61. The van der Waals surface area contributed by atoms with Crippen LogP contribution in [0.25, 0.3) is 0 Å². The van der Waals surface area contributed by atoms with Gasteiger partial charge in [-0.2, -0.15) is 0 Å². The van der Waals surface area contributed by atoms with Crippen molar-refractivity contribution in [1.29, 1.82) is 0 Å². The molecule has 2 aromatic rings. The van der Waals surface area contributed by atoms with Crippen molar-refractivity contribution in [3.63, 3.8) is 0 Å². The number of carbonyl (C=O) groups excluding carboxylic acids is 1. The summed E-state index contributed by atoms with van der Waals surface area (Å²) in [6, 6.07) is 14.1. The largest absolute Gasteiger partial charge is 0.493 e. The third-order valence-corrected chi connectivity index (χ3v) is 4.08. The normalized spacial score (nSPS) is 10.4. The van der Waals surface area contributed by atoms with Crippen molar-refractivity contribution >= 4 is 5.91 Å². The molecular weight excluding hydrogens is 326 g/mol. The van der Waals surface area contributed by atoms with E-state index in [-0.39, 0.29) is 12.5 Å². The molecule has 140 valence electrons. The number of hydrogen-bond acceptors (Lipinski definition) is 3. The van der Waals surface area contributed by atoms with E-state index in [4.69, 9.17) is 9.47 Å². The van der Waals surface area contributed by atoms with Crippen LogP contribution in [0.2, 0.25) is 0 Å². The summed E-state index contributed by atoms with van der Waals surface area (Å²) in [6.45, 7) is 7.47. The van der Waals surface area contributed by atoms with Crippen molar-refractivity contribution < 1.29 is 14.3 Å². The second kappa shape index (κ2) is 10.5. The number of benzene rings is 2. The molecule has 0 spiro atoms. The number of ether oxygens (including phenoxy) is 2. The zero-order chi connectivity index (χ0) is 18.8. The molecule has 26 heavy (non-hydrogen) atoms. The maximum atomic E-state index is 12.0. The van der Waals surface area contributed by atoms with Gasteiger partial charge < -0.3 is 14.8 Å². The van der Waals surface area contributed by atoms with Crippen LogP contribution < -0.4 is 14.8 Å². The van der Waals surface area contributed by atoms with Crippen LogP contribution in [0.1, 0.15) is 36.5 Å². The lowest BCUT2D eigenvalue weighted by atomic mass is 10.1. The zero-order valence-electron chi connectivity index (χ0n) is 16.0. The highest BCUT2D eigenvalue weighted by Crippen LogP contribution is 2.20. The second-order valence-electron chi connectivity index (χ2n) is 6.47. The van der Waals surface area contributed by atoms with E-state index in [1.165, 1.54) is 5.56 Å². The fraction of sp³-hybridized carbons (Fsp3) is 0.409. The Labute approximate surface area is 156 Å². The van der Waals surface area contributed by atoms with Gasteiger partial charge in [-0.3, -0.25) is 4.79 Å². The van der Waals surface area contributed by atoms with Crippen LogP contribution in [0.15, 0.2) is 42.5 Å². The van der Waals surface area contributed by atoms with Crippen molar-refractivity contribution in [1.82, 2.24) is 5.32 Å². The van der Waals surface area contributed by atoms with E-state index in [1.807, 2.05) is 50.2 Å². The van der Waals surface area contributed by atoms with Gasteiger partial charge in [-0.05, 0) is 61.9 Å². The first kappa shape index (κ1) is 19.8. The molecule has 0 saturated heterocycles. The molecule has 0 fully saturated rings. The molecule has 0 saturated carbocycles. The number of nitrogens with one attached hydrogen (secondary N) is 1. The molecule has 2 aromatic carbocycles. The summed E-state index contributed by atoms with van der Waals surface area (Å²) < 4.78 is 11.4. The monoisotopic (exact) mass is 355 g/mol. The van der Waals surface area contributed by atoms with Crippen LogP contribution in [-0.2, 0) is 11.2 Å². The van der Waals surface area contributed by atoms with Crippen molar-refractivity contribution in [2.45, 2.75) is 40.0 Å². The lowest BCUT2D eigenvalue weighted by Crippen LogP contribution is -2.30. The average Bonchev–Trinajstić information content (AvgIpc) is 2.65. The predicted octanol–water partition coefficient (Wildman–Crippen LogP) is 4.22. The van der Waals surface area contributed by atoms with Crippen molar-refractivity contribution in [2.24, 2.45) is 0 Å². The van der Waals surface area contributed by atoms with Crippen LogP contribution in [-0.4, -0.2) is 25.7 Å². The minimum absolute atomic E-state index is 0.0422. The average molecular weight is 355 g/mol. The van der Waals surface area contributed by atoms with Gasteiger partial charge >= 0.3 is 0 Å². The number of aryl methyl sites for hydroxylation is 3. The van der Waals surface area contributed by atoms with E-state index in [1.54, 1.807) is 0 Å². The molecule has 0 atom stereocenters. The summed E-state index contributed by atoms with van der Waals surface area (Å²) in [5, 5.41) is 2.92. The topological polar surface area (TPSA) is 47.6 Å². The summed E-state index contributed by atoms with van der Waals surface area (Å²) in [5.41, 5.74) is 3.34. The molecule has 0 unspecified atom stereocenters. The van der Waals surface area contributed by atoms with Crippen LogP contribution in [0, 0.1) is 13.8 Å². The lowest BCUT2D eigenvalue weighted by Gasteiger charge is -2.12. The van der Waals surface area contributed by atoms with Crippen molar-refractivity contribution in [3.8, 4) is 11.5 Å². The molecule has 0 aliphatic rings. The Bertz CT molecular complexity index is 712. The maximum Gasteiger partial charge on any atom is 0.257 e. The Kier molecular flexibility index (Phi) is 8.00. The standard InChI is InChI=1S/C22H29NO3/c1-4-14-25-20-10-6-5-8-19(20)9-7-13-23-22(24)16-26-21-15-17(2)11-12-18(21)3/h5-6,8,10-12,15H,4,7,9,13-14,16H2,1-3H3,(H,23,24). The highest BCUT2D eigenvalue weighted by atomic mass is 16.5. The first-order chi connectivity index (χ1) is 12.6. The Morgan fingerprint density at radius 1 is 1.04 bits per heavy atom. The number of carbonyl (C=O) groups is 1. The third kappa shape index (κ3) is 6.43. The van der Waals surface area contributed by atoms with E-state index >= 15 is 0 Å². The van der Waals surface area contributed by atoms with Gasteiger partial charge in [0.15, 0.2) is 6.61 Å². The molecule has 0 aliphatic carbocycles. The van der Waals surface area contributed by atoms with Gasteiger partial charge in [-0.25, -0.2) is 0 Å². The van der Waals surface area contributed by atoms with E-state index in [0.29, 0.717) is 6.54 Å². The first-order valence-corrected chi connectivity index (χ1v) is 9.27. The van der Waals surface area contributed by atoms with E-state index in [0.717, 1.165) is 48.5 Å². The summed E-state index contributed by atoms with van der Waals surface area (Å²) >= 11 is 0. The van der Waals surface area contributed by atoms with E-state index in [9.17, 15) is 4.79 Å². The van der Waals surface area contributed by atoms with Gasteiger partial charge in [0.1, 0.15) is 11.5 Å². The van der Waals surface area contributed by atoms with Gasteiger partial charge in [0.25, 0.3) is 5.91 Å². The van der Waals surface area contributed by atoms with Gasteiger partial charge in [-0.1, -0.05) is 37.3 Å². The Morgan fingerprint density at radius 3 is 2.65 bits per heavy atom. The van der Waals surface area contributed by atoms with Gasteiger partial charge in [-0.15, -0.1) is 0 Å². The third-order valence-electron chi connectivity index (χ3n) is 4.08. The maximum absolute atomic E-state index is 12.0. The highest BCUT2D eigenvalue weighted by molar-refractivity contribution is 5.77. The second-order valence-corrected chi connectivity index (χ2v) is 6.47. The first-order valence-electron chi connectivity index (χ1n) is 9.27. The molecule has 4 heteroatoms. The minimum Gasteiger partial charge on any atom is -0.493 e. The molecule has 0 radical (unpaired) electrons. The van der Waals surface area contributed by atoms with Crippen molar-refractivity contribution in [3.05, 3.63) is 59.2 Å². The van der Waals surface area contributed by atoms with Crippen LogP contribution in [0.4, 0.5) is 0 Å². The van der Waals surface area contributed by atoms with Gasteiger partial charge in [0.2, 0.25) is 0 Å². The molecule has 0 aromatic heterocycles. The SMILES string of the molecule is CCCOc1ccccc1CCCNC(=O)COc1cc(C)ccc1C. The van der Waals surface area contributed by atoms with Crippen molar-refractivity contribution in [2.75, 3.05) is 19.8 Å². The van der Waals surface area contributed by atoms with Gasteiger partial charge in [0, 0.05) is 6.54 Å². The Hall–Kier alpha value is -2.49. The van der Waals surface area contributed by atoms with Crippen LogP contribution in [0.3, 0.4) is 0 Å². The summed E-state index contributed by atoms with van der Waals surface area (Å²) in [6.07, 6.45) is 2.73. The van der Waals surface area contributed by atoms with Gasteiger partial charge in [0.05, 0.1) is 6.61 Å². The molecule has 1 N–H and O–H groups in total. The molecule has 2 rings (SSSR count). The molecule has 0 heterocycles. The predicted molar refractivity (Wildman–Crippen MR) is 105 cm³/mol. The number of hydrogen-bond donors (Lipinski definition) is 1. The Morgan fingerprint density at radius 2 is 1.85 bits per heavy atom. The molecule has 4 nitrogen and oxygen atoms in total. The number of amides is 1. The number of rotatable bonds is 10. The Balaban J connectivity index is 1.71. The summed E-state index contributed by atoms with van der Waals surface area (Å²) in [7, 11) is 0. The molecule has 0 bridgehead atoms. The molecule has 0 aliphatic heterocycles. The summed E-state index contributed by atoms with van der Waals surface area (Å²) in [4.78, 5) is 12.0. The smallest absolute Gasteiger partial charge is 0.257 e.